The number of thioether (sulfide) groups is 1. The number of carbonyl (C=O) groups excluding carboxylic acids is 2. The van der Waals surface area contributed by atoms with Crippen molar-refractivity contribution in [2.45, 2.75) is 52.1 Å². The predicted octanol–water partition coefficient (Wildman–Crippen LogP) is 4.06. The highest BCUT2D eigenvalue weighted by atomic mass is 35.5. The molecule has 0 aromatic heterocycles. The fourth-order valence-electron chi connectivity index (χ4n) is 3.86. The third-order valence-electron chi connectivity index (χ3n) is 5.89. The molecule has 2 N–H and O–H groups in total. The molecule has 1 aliphatic rings. The summed E-state index contributed by atoms with van der Waals surface area (Å²) < 4.78 is 0. The highest BCUT2D eigenvalue weighted by molar-refractivity contribution is 7.98. The fraction of sp³-hybridized carbons (Fsp3) is 0.652. The highest BCUT2D eigenvalue weighted by Gasteiger charge is 2.28. The molecule has 5 nitrogen and oxygen atoms in total. The third-order valence-corrected chi connectivity index (χ3v) is 6.87. The van der Waals surface area contributed by atoms with Gasteiger partial charge in [0.2, 0.25) is 5.91 Å². The summed E-state index contributed by atoms with van der Waals surface area (Å²) in [7, 11) is 0. The summed E-state index contributed by atoms with van der Waals surface area (Å²) in [5.74, 6) is 1.58. The van der Waals surface area contributed by atoms with Crippen LogP contribution in [-0.2, 0) is 4.79 Å². The zero-order valence-corrected chi connectivity index (χ0v) is 20.2. The summed E-state index contributed by atoms with van der Waals surface area (Å²) in [6.07, 6.45) is 5.00. The molecule has 1 fully saturated rings. The topological polar surface area (TPSA) is 61.4 Å². The summed E-state index contributed by atoms with van der Waals surface area (Å²) in [4.78, 5) is 28.2. The van der Waals surface area contributed by atoms with Crippen LogP contribution in [0.4, 0.5) is 0 Å². The number of nitrogens with one attached hydrogen (secondary N) is 2. The number of carbonyl (C=O) groups is 2. The number of likely N-dealkylation sites (tertiary alicyclic amines) is 1. The molecule has 0 bridgehead atoms. The number of halogens is 1. The van der Waals surface area contributed by atoms with Gasteiger partial charge in [0, 0.05) is 12.6 Å². The standard InChI is InChI=1S/C23H36ClN3O2S/c1-16(2)21(27-12-9-17(3)10-13-27)15-25-23(29)20(11-14-30-4)26-22(28)18-7-5-6-8-19(18)24/h5-8,16-17,20-21H,9-15H2,1-4H3,(H,25,29)(H,26,28)/t20-,21+/m0/s1. The Kier molecular flexibility index (Phi) is 10.5. The van der Waals surface area contributed by atoms with Gasteiger partial charge in [-0.1, -0.05) is 44.5 Å². The summed E-state index contributed by atoms with van der Waals surface area (Å²) >= 11 is 7.81. The first-order valence-corrected chi connectivity index (χ1v) is 12.7. The van der Waals surface area contributed by atoms with Crippen LogP contribution in [-0.4, -0.2) is 60.4 Å². The monoisotopic (exact) mass is 453 g/mol. The van der Waals surface area contributed by atoms with Gasteiger partial charge in [-0.2, -0.15) is 11.8 Å². The van der Waals surface area contributed by atoms with Crippen LogP contribution in [0, 0.1) is 11.8 Å². The molecule has 0 spiro atoms. The minimum absolute atomic E-state index is 0.125. The Bertz CT molecular complexity index is 693. The Morgan fingerprint density at radius 3 is 2.50 bits per heavy atom. The number of benzene rings is 1. The maximum absolute atomic E-state index is 13.0. The molecule has 7 heteroatoms. The van der Waals surface area contributed by atoms with E-state index >= 15 is 0 Å². The molecule has 0 radical (unpaired) electrons. The normalized spacial score (nSPS) is 17.5. The van der Waals surface area contributed by atoms with Gasteiger partial charge in [0.25, 0.3) is 5.91 Å². The molecule has 2 rings (SSSR count). The lowest BCUT2D eigenvalue weighted by Gasteiger charge is -2.39. The average Bonchev–Trinajstić information content (AvgIpc) is 2.72. The minimum Gasteiger partial charge on any atom is -0.353 e. The quantitative estimate of drug-likeness (QED) is 0.560. The highest BCUT2D eigenvalue weighted by Crippen LogP contribution is 2.21. The number of hydrogen-bond acceptors (Lipinski definition) is 4. The molecule has 0 aliphatic carbocycles. The van der Waals surface area contributed by atoms with Crippen molar-refractivity contribution in [2.24, 2.45) is 11.8 Å². The lowest BCUT2D eigenvalue weighted by molar-refractivity contribution is -0.123. The maximum Gasteiger partial charge on any atom is 0.253 e. The van der Waals surface area contributed by atoms with Crippen molar-refractivity contribution in [1.29, 1.82) is 0 Å². The molecule has 0 saturated carbocycles. The fourth-order valence-corrected chi connectivity index (χ4v) is 4.55. The molecule has 0 unspecified atom stereocenters. The van der Waals surface area contributed by atoms with E-state index < -0.39 is 6.04 Å². The molecule has 2 atom stereocenters. The second-order valence-electron chi connectivity index (χ2n) is 8.56. The largest absolute Gasteiger partial charge is 0.353 e. The molecule has 1 aromatic carbocycles. The average molecular weight is 454 g/mol. The van der Waals surface area contributed by atoms with Crippen LogP contribution < -0.4 is 10.6 Å². The van der Waals surface area contributed by atoms with Crippen LogP contribution >= 0.6 is 23.4 Å². The summed E-state index contributed by atoms with van der Waals surface area (Å²) in [5.41, 5.74) is 0.392. The molecule has 1 saturated heterocycles. The first kappa shape index (κ1) is 25.0. The van der Waals surface area contributed by atoms with E-state index in [9.17, 15) is 9.59 Å². The van der Waals surface area contributed by atoms with Crippen LogP contribution in [0.15, 0.2) is 24.3 Å². The van der Waals surface area contributed by atoms with Gasteiger partial charge in [0.15, 0.2) is 0 Å². The molecular formula is C23H36ClN3O2S. The van der Waals surface area contributed by atoms with Gasteiger partial charge < -0.3 is 10.6 Å². The Labute approximate surface area is 190 Å². The van der Waals surface area contributed by atoms with Crippen molar-refractivity contribution in [2.75, 3.05) is 31.6 Å². The van der Waals surface area contributed by atoms with Gasteiger partial charge in [-0.15, -0.1) is 0 Å². The Balaban J connectivity index is 1.99. The Hall–Kier alpha value is -1.24. The number of hydrogen-bond donors (Lipinski definition) is 2. The van der Waals surface area contributed by atoms with Crippen LogP contribution in [0.1, 0.15) is 50.4 Å². The van der Waals surface area contributed by atoms with Crippen molar-refractivity contribution < 1.29 is 9.59 Å². The Morgan fingerprint density at radius 2 is 1.90 bits per heavy atom. The predicted molar refractivity (Wildman–Crippen MR) is 127 cm³/mol. The van der Waals surface area contributed by atoms with Crippen LogP contribution in [0.3, 0.4) is 0 Å². The van der Waals surface area contributed by atoms with Gasteiger partial charge >= 0.3 is 0 Å². The van der Waals surface area contributed by atoms with Gasteiger partial charge in [-0.05, 0) is 68.3 Å². The molecule has 2 amide bonds. The van der Waals surface area contributed by atoms with Crippen molar-refractivity contribution in [3.05, 3.63) is 34.9 Å². The van der Waals surface area contributed by atoms with E-state index in [-0.39, 0.29) is 11.8 Å². The van der Waals surface area contributed by atoms with E-state index in [1.54, 1.807) is 36.0 Å². The number of rotatable bonds is 10. The van der Waals surface area contributed by atoms with Gasteiger partial charge in [0.1, 0.15) is 6.04 Å². The van der Waals surface area contributed by atoms with Crippen molar-refractivity contribution in [3.8, 4) is 0 Å². The summed E-state index contributed by atoms with van der Waals surface area (Å²) in [6, 6.07) is 6.64. The number of piperidine rings is 1. The van der Waals surface area contributed by atoms with E-state index in [4.69, 9.17) is 11.6 Å². The van der Waals surface area contributed by atoms with E-state index in [0.717, 1.165) is 24.8 Å². The van der Waals surface area contributed by atoms with Gasteiger partial charge in [0.05, 0.1) is 10.6 Å². The molecule has 1 heterocycles. The van der Waals surface area contributed by atoms with Crippen LogP contribution in [0.5, 0.6) is 0 Å². The second-order valence-corrected chi connectivity index (χ2v) is 9.96. The summed E-state index contributed by atoms with van der Waals surface area (Å²) in [6.45, 7) is 9.49. The van der Waals surface area contributed by atoms with E-state index in [0.29, 0.717) is 35.5 Å². The first-order chi connectivity index (χ1) is 14.3. The van der Waals surface area contributed by atoms with Gasteiger partial charge in [-0.25, -0.2) is 0 Å². The van der Waals surface area contributed by atoms with Gasteiger partial charge in [-0.3, -0.25) is 14.5 Å². The smallest absolute Gasteiger partial charge is 0.253 e. The molecule has 168 valence electrons. The number of amides is 2. The van der Waals surface area contributed by atoms with E-state index in [1.807, 2.05) is 6.26 Å². The van der Waals surface area contributed by atoms with Crippen molar-refractivity contribution >= 4 is 35.2 Å². The molecule has 1 aliphatic heterocycles. The van der Waals surface area contributed by atoms with Crippen LogP contribution in [0.2, 0.25) is 5.02 Å². The van der Waals surface area contributed by atoms with Crippen molar-refractivity contribution in [3.63, 3.8) is 0 Å². The van der Waals surface area contributed by atoms with Crippen LogP contribution in [0.25, 0.3) is 0 Å². The lowest BCUT2D eigenvalue weighted by atomic mass is 9.94. The summed E-state index contributed by atoms with van der Waals surface area (Å²) in [5, 5.41) is 6.39. The lowest BCUT2D eigenvalue weighted by Crippen LogP contribution is -2.53. The number of nitrogens with zero attached hydrogens (tertiary/aromatic N) is 1. The van der Waals surface area contributed by atoms with E-state index in [2.05, 4.69) is 36.3 Å². The molecule has 1 aromatic rings. The Morgan fingerprint density at radius 1 is 1.23 bits per heavy atom. The third kappa shape index (κ3) is 7.47. The first-order valence-electron chi connectivity index (χ1n) is 10.9. The second kappa shape index (κ2) is 12.6. The maximum atomic E-state index is 13.0. The molecule has 30 heavy (non-hydrogen) atoms. The van der Waals surface area contributed by atoms with Crippen molar-refractivity contribution in [1.82, 2.24) is 15.5 Å². The molecular weight excluding hydrogens is 418 g/mol. The zero-order chi connectivity index (χ0) is 22.1. The van der Waals surface area contributed by atoms with E-state index in [1.165, 1.54) is 12.8 Å². The minimum atomic E-state index is -0.574. The SMILES string of the molecule is CSCC[C@H](NC(=O)c1ccccc1Cl)C(=O)NC[C@H](C(C)C)N1CCC(C)CC1. The zero-order valence-electron chi connectivity index (χ0n) is 18.6.